The molecule has 0 spiro atoms. The molecule has 2 rings (SSSR count). The Labute approximate surface area is 126 Å². The zero-order chi connectivity index (χ0) is 16.2. The number of rotatable bonds is 4. The summed E-state index contributed by atoms with van der Waals surface area (Å²) in [4.78, 5) is 13.8. The van der Waals surface area contributed by atoms with E-state index in [9.17, 15) is 23.3 Å². The molecule has 4 nitrogen and oxygen atoms in total. The third kappa shape index (κ3) is 4.29. The molecule has 1 aliphatic carbocycles. The van der Waals surface area contributed by atoms with Crippen molar-refractivity contribution < 1.29 is 18.1 Å². The molecule has 1 aliphatic rings. The van der Waals surface area contributed by atoms with Gasteiger partial charge in [0.1, 0.15) is 5.71 Å². The van der Waals surface area contributed by atoms with Crippen LogP contribution < -0.4 is 0 Å². The highest BCUT2D eigenvalue weighted by molar-refractivity contribution is 5.91. The quantitative estimate of drug-likeness (QED) is 0.460. The van der Waals surface area contributed by atoms with Gasteiger partial charge < -0.3 is 0 Å². The lowest BCUT2D eigenvalue weighted by molar-refractivity contribution is -0.384. The van der Waals surface area contributed by atoms with Gasteiger partial charge in [-0.3, -0.25) is 15.1 Å². The van der Waals surface area contributed by atoms with Gasteiger partial charge in [-0.05, 0) is 18.4 Å². The van der Waals surface area contributed by atoms with Crippen LogP contribution in [0.3, 0.4) is 0 Å². The molecule has 0 radical (unpaired) electrons. The van der Waals surface area contributed by atoms with Crippen molar-refractivity contribution in [2.45, 2.75) is 44.8 Å². The molecule has 120 valence electrons. The number of hydrogen-bond acceptors (Lipinski definition) is 3. The van der Waals surface area contributed by atoms with Crippen molar-refractivity contribution in [1.82, 2.24) is 0 Å². The Kier molecular flexibility index (Phi) is 5.15. The van der Waals surface area contributed by atoms with E-state index in [4.69, 9.17) is 0 Å². The highest BCUT2D eigenvalue weighted by Gasteiger charge is 2.40. The molecule has 0 unspecified atom stereocenters. The molecule has 0 amide bonds. The van der Waals surface area contributed by atoms with Crippen LogP contribution in [0.2, 0.25) is 0 Å². The largest absolute Gasteiger partial charge is 0.429 e. The summed E-state index contributed by atoms with van der Waals surface area (Å²) < 4.78 is 39.5. The first kappa shape index (κ1) is 16.5. The molecule has 7 heteroatoms. The lowest BCUT2D eigenvalue weighted by atomic mass is 9.85. The van der Waals surface area contributed by atoms with E-state index in [0.717, 1.165) is 19.3 Å². The van der Waals surface area contributed by atoms with Gasteiger partial charge in [0.05, 0.1) is 11.5 Å². The Bertz CT molecular complexity index is 547. The Balaban J connectivity index is 2.13. The predicted molar refractivity (Wildman–Crippen MR) is 76.9 cm³/mol. The van der Waals surface area contributed by atoms with Crippen LogP contribution in [0.25, 0.3) is 0 Å². The van der Waals surface area contributed by atoms with Crippen LogP contribution >= 0.6 is 0 Å². The summed E-state index contributed by atoms with van der Waals surface area (Å²) in [7, 11) is 0. The molecule has 0 aromatic heterocycles. The van der Waals surface area contributed by atoms with Gasteiger partial charge in [0.15, 0.2) is 0 Å². The number of aliphatic imine (C=N–C) groups is 1. The van der Waals surface area contributed by atoms with Crippen molar-refractivity contribution >= 4 is 11.4 Å². The molecule has 0 saturated heterocycles. The number of nitro benzene ring substituents is 1. The highest BCUT2D eigenvalue weighted by Crippen LogP contribution is 2.32. The fourth-order valence-electron chi connectivity index (χ4n) is 2.73. The molecular weight excluding hydrogens is 297 g/mol. The first-order valence-corrected chi connectivity index (χ1v) is 7.23. The van der Waals surface area contributed by atoms with Crippen LogP contribution in [0.5, 0.6) is 0 Å². The van der Waals surface area contributed by atoms with E-state index in [1.54, 1.807) is 0 Å². The minimum atomic E-state index is -4.41. The van der Waals surface area contributed by atoms with Crippen molar-refractivity contribution in [2.75, 3.05) is 0 Å². The lowest BCUT2D eigenvalue weighted by Gasteiger charge is -2.24. The molecule has 1 aromatic rings. The summed E-state index contributed by atoms with van der Waals surface area (Å²) in [5, 5.41) is 10.5. The predicted octanol–water partition coefficient (Wildman–Crippen LogP) is 4.68. The summed E-state index contributed by atoms with van der Waals surface area (Å²) in [6, 6.07) is 5.43. The lowest BCUT2D eigenvalue weighted by Crippen LogP contribution is -2.32. The molecule has 0 heterocycles. The Morgan fingerprint density at radius 1 is 1.18 bits per heavy atom. The van der Waals surface area contributed by atoms with Crippen LogP contribution in [0.1, 0.15) is 37.7 Å². The van der Waals surface area contributed by atoms with Crippen LogP contribution in [-0.4, -0.2) is 16.8 Å². The van der Waals surface area contributed by atoms with Crippen molar-refractivity contribution in [3.05, 3.63) is 39.9 Å². The number of halogens is 3. The number of nitro groups is 1. The van der Waals surface area contributed by atoms with Gasteiger partial charge in [0.25, 0.3) is 5.69 Å². The van der Waals surface area contributed by atoms with Crippen LogP contribution in [-0.2, 0) is 6.54 Å². The fourth-order valence-corrected chi connectivity index (χ4v) is 2.73. The monoisotopic (exact) mass is 314 g/mol. The van der Waals surface area contributed by atoms with Crippen molar-refractivity contribution in [1.29, 1.82) is 0 Å². The van der Waals surface area contributed by atoms with Gasteiger partial charge in [-0.15, -0.1) is 0 Å². The minimum absolute atomic E-state index is 0.0870. The maximum absolute atomic E-state index is 13.2. The van der Waals surface area contributed by atoms with Crippen molar-refractivity contribution in [3.8, 4) is 0 Å². The third-order valence-corrected chi connectivity index (χ3v) is 3.86. The standard InChI is InChI=1S/C15H17F3N2O2/c16-15(17,18)14(12-4-2-1-3-5-12)19-10-11-6-8-13(9-7-11)20(21)22/h6-9,12H,1-5,10H2/b19-14+. The summed E-state index contributed by atoms with van der Waals surface area (Å²) in [5.41, 5.74) is -0.246. The Morgan fingerprint density at radius 3 is 2.27 bits per heavy atom. The topological polar surface area (TPSA) is 55.5 Å². The normalized spacial score (nSPS) is 17.5. The van der Waals surface area contributed by atoms with E-state index < -0.39 is 22.7 Å². The second-order valence-corrected chi connectivity index (χ2v) is 5.46. The van der Waals surface area contributed by atoms with Crippen molar-refractivity contribution in [3.63, 3.8) is 0 Å². The molecule has 22 heavy (non-hydrogen) atoms. The maximum Gasteiger partial charge on any atom is 0.429 e. The van der Waals surface area contributed by atoms with Crippen molar-refractivity contribution in [2.24, 2.45) is 10.9 Å². The molecular formula is C15H17F3N2O2. The van der Waals surface area contributed by atoms with E-state index in [1.807, 2.05) is 0 Å². The molecule has 1 saturated carbocycles. The average Bonchev–Trinajstić information content (AvgIpc) is 2.47. The van der Waals surface area contributed by atoms with E-state index in [1.165, 1.54) is 24.3 Å². The van der Waals surface area contributed by atoms with E-state index in [-0.39, 0.29) is 12.2 Å². The van der Waals surface area contributed by atoms with Crippen LogP contribution in [0.4, 0.5) is 18.9 Å². The van der Waals surface area contributed by atoms with Gasteiger partial charge in [-0.25, -0.2) is 0 Å². The molecule has 0 bridgehead atoms. The number of benzene rings is 1. The first-order chi connectivity index (χ1) is 10.4. The first-order valence-electron chi connectivity index (χ1n) is 7.23. The molecule has 0 aliphatic heterocycles. The number of nitrogens with zero attached hydrogens (tertiary/aromatic N) is 2. The van der Waals surface area contributed by atoms with Gasteiger partial charge in [-0.2, -0.15) is 13.2 Å². The number of alkyl halides is 3. The third-order valence-electron chi connectivity index (χ3n) is 3.86. The smallest absolute Gasteiger partial charge is 0.280 e. The number of hydrogen-bond donors (Lipinski definition) is 0. The second-order valence-electron chi connectivity index (χ2n) is 5.46. The summed E-state index contributed by atoms with van der Waals surface area (Å²) >= 11 is 0. The molecule has 1 fully saturated rings. The SMILES string of the molecule is O=[N+]([O-])c1ccc(C/N=C(\C2CCCCC2)C(F)(F)F)cc1. The molecule has 0 atom stereocenters. The Hall–Kier alpha value is -1.92. The highest BCUT2D eigenvalue weighted by atomic mass is 19.4. The zero-order valence-corrected chi connectivity index (χ0v) is 12.0. The molecule has 0 N–H and O–H groups in total. The van der Waals surface area contributed by atoms with Crippen LogP contribution in [0, 0.1) is 16.0 Å². The average molecular weight is 314 g/mol. The van der Waals surface area contributed by atoms with Crippen LogP contribution in [0.15, 0.2) is 29.3 Å². The number of non-ortho nitro benzene ring substituents is 1. The van der Waals surface area contributed by atoms with E-state index in [0.29, 0.717) is 18.4 Å². The van der Waals surface area contributed by atoms with E-state index in [2.05, 4.69) is 4.99 Å². The molecule has 1 aromatic carbocycles. The zero-order valence-electron chi connectivity index (χ0n) is 12.0. The second kappa shape index (κ2) is 6.89. The summed E-state index contributed by atoms with van der Waals surface area (Å²) in [5.74, 6) is -0.521. The van der Waals surface area contributed by atoms with Gasteiger partial charge >= 0.3 is 6.18 Å². The van der Waals surface area contributed by atoms with E-state index >= 15 is 0 Å². The maximum atomic E-state index is 13.2. The minimum Gasteiger partial charge on any atom is -0.280 e. The van der Waals surface area contributed by atoms with Gasteiger partial charge in [0, 0.05) is 18.1 Å². The summed E-state index contributed by atoms with van der Waals surface area (Å²) in [6.45, 7) is -0.108. The van der Waals surface area contributed by atoms with Gasteiger partial charge in [0.2, 0.25) is 0 Å². The Morgan fingerprint density at radius 2 is 1.77 bits per heavy atom. The van der Waals surface area contributed by atoms with Gasteiger partial charge in [-0.1, -0.05) is 31.4 Å². The summed E-state index contributed by atoms with van der Waals surface area (Å²) in [6.07, 6.45) is -0.779. The fraction of sp³-hybridized carbons (Fsp3) is 0.533.